The van der Waals surface area contributed by atoms with Gasteiger partial charge in [-0.05, 0) is 20.0 Å². The van der Waals surface area contributed by atoms with Crippen molar-refractivity contribution in [3.05, 3.63) is 0 Å². The Balaban J connectivity index is 2.38. The van der Waals surface area contributed by atoms with E-state index in [1.807, 2.05) is 0 Å². The van der Waals surface area contributed by atoms with Gasteiger partial charge in [0.1, 0.15) is 0 Å². The molecular weight excluding hydrogens is 128 g/mol. The molecule has 0 aromatic heterocycles. The summed E-state index contributed by atoms with van der Waals surface area (Å²) in [6.45, 7) is 2.07. The highest BCUT2D eigenvalue weighted by Crippen LogP contribution is 2.09. The van der Waals surface area contributed by atoms with Crippen LogP contribution >= 0.6 is 0 Å². The standard InChI is InChI=1S/C7H16N2O/c1-9-4-3-6(8)7(5-9)10-2/h6-7H,3-5,8H2,1-2H3/t6-,7+/m1/s1. The Morgan fingerprint density at radius 1 is 1.60 bits per heavy atom. The average molecular weight is 144 g/mol. The van der Waals surface area contributed by atoms with Crippen molar-refractivity contribution in [2.75, 3.05) is 27.2 Å². The molecular formula is C7H16N2O. The van der Waals surface area contributed by atoms with Gasteiger partial charge in [0.05, 0.1) is 6.10 Å². The summed E-state index contributed by atoms with van der Waals surface area (Å²) in [5.74, 6) is 0. The van der Waals surface area contributed by atoms with Crippen LogP contribution in [0.3, 0.4) is 0 Å². The van der Waals surface area contributed by atoms with Gasteiger partial charge in [-0.15, -0.1) is 0 Å². The highest BCUT2D eigenvalue weighted by molar-refractivity contribution is 4.81. The van der Waals surface area contributed by atoms with Crippen LogP contribution < -0.4 is 5.73 Å². The van der Waals surface area contributed by atoms with E-state index in [-0.39, 0.29) is 12.1 Å². The van der Waals surface area contributed by atoms with Crippen LogP contribution in [0.4, 0.5) is 0 Å². The number of hydrogen-bond donors (Lipinski definition) is 1. The van der Waals surface area contributed by atoms with Crippen molar-refractivity contribution < 1.29 is 4.74 Å². The fourth-order valence-corrected chi connectivity index (χ4v) is 1.34. The summed E-state index contributed by atoms with van der Waals surface area (Å²) in [5, 5.41) is 0. The van der Waals surface area contributed by atoms with Gasteiger partial charge >= 0.3 is 0 Å². The molecule has 1 rings (SSSR count). The minimum absolute atomic E-state index is 0.235. The van der Waals surface area contributed by atoms with Gasteiger partial charge in [-0.2, -0.15) is 0 Å². The van der Waals surface area contributed by atoms with Crippen LogP contribution in [-0.4, -0.2) is 44.3 Å². The Labute approximate surface area is 62.1 Å². The summed E-state index contributed by atoms with van der Waals surface area (Å²) in [6, 6.07) is 0.237. The van der Waals surface area contributed by atoms with Gasteiger partial charge in [0, 0.05) is 19.7 Å². The molecule has 0 amide bonds. The van der Waals surface area contributed by atoms with Crippen LogP contribution in [0, 0.1) is 0 Å². The van der Waals surface area contributed by atoms with Crippen molar-refractivity contribution in [1.29, 1.82) is 0 Å². The first-order valence-electron chi connectivity index (χ1n) is 3.71. The fraction of sp³-hybridized carbons (Fsp3) is 1.00. The van der Waals surface area contributed by atoms with Crippen molar-refractivity contribution in [3.63, 3.8) is 0 Å². The van der Waals surface area contributed by atoms with Crippen molar-refractivity contribution >= 4 is 0 Å². The van der Waals surface area contributed by atoms with Crippen LogP contribution in [0.25, 0.3) is 0 Å². The minimum atomic E-state index is 0.235. The average Bonchev–Trinajstić information content (AvgIpc) is 1.94. The van der Waals surface area contributed by atoms with E-state index in [4.69, 9.17) is 10.5 Å². The van der Waals surface area contributed by atoms with Crippen LogP contribution in [0.2, 0.25) is 0 Å². The van der Waals surface area contributed by atoms with Gasteiger partial charge in [-0.25, -0.2) is 0 Å². The second kappa shape index (κ2) is 3.32. The summed E-state index contributed by atoms with van der Waals surface area (Å²) in [4.78, 5) is 2.25. The first kappa shape index (κ1) is 7.98. The maximum atomic E-state index is 5.80. The molecule has 0 radical (unpaired) electrons. The third-order valence-electron chi connectivity index (χ3n) is 2.12. The first-order chi connectivity index (χ1) is 4.74. The Hall–Kier alpha value is -0.120. The number of hydrogen-bond acceptors (Lipinski definition) is 3. The molecule has 3 nitrogen and oxygen atoms in total. The lowest BCUT2D eigenvalue weighted by Crippen LogP contribution is -2.50. The number of nitrogens with zero attached hydrogens (tertiary/aromatic N) is 1. The molecule has 0 spiro atoms. The quantitative estimate of drug-likeness (QED) is 0.547. The topological polar surface area (TPSA) is 38.5 Å². The molecule has 1 aliphatic rings. The summed E-state index contributed by atoms with van der Waals surface area (Å²) in [5.41, 5.74) is 5.80. The molecule has 60 valence electrons. The molecule has 1 aliphatic heterocycles. The predicted octanol–water partition coefficient (Wildman–Crippen LogP) is -0.336. The Morgan fingerprint density at radius 3 is 2.80 bits per heavy atom. The molecule has 0 aromatic rings. The number of piperidine rings is 1. The molecule has 0 saturated carbocycles. The van der Waals surface area contributed by atoms with Crippen LogP contribution in [0.5, 0.6) is 0 Å². The van der Waals surface area contributed by atoms with Crippen molar-refractivity contribution in [2.24, 2.45) is 5.73 Å². The first-order valence-corrected chi connectivity index (χ1v) is 3.71. The van der Waals surface area contributed by atoms with Crippen LogP contribution in [0.15, 0.2) is 0 Å². The molecule has 2 N–H and O–H groups in total. The van der Waals surface area contributed by atoms with Gasteiger partial charge in [0.25, 0.3) is 0 Å². The predicted molar refractivity (Wildman–Crippen MR) is 40.9 cm³/mol. The molecule has 0 unspecified atom stereocenters. The number of ether oxygens (including phenoxy) is 1. The molecule has 0 aliphatic carbocycles. The fourth-order valence-electron chi connectivity index (χ4n) is 1.34. The monoisotopic (exact) mass is 144 g/mol. The minimum Gasteiger partial charge on any atom is -0.379 e. The molecule has 1 heterocycles. The summed E-state index contributed by atoms with van der Waals surface area (Å²) >= 11 is 0. The smallest absolute Gasteiger partial charge is 0.0849 e. The number of nitrogens with two attached hydrogens (primary N) is 1. The van der Waals surface area contributed by atoms with E-state index in [9.17, 15) is 0 Å². The van der Waals surface area contributed by atoms with E-state index < -0.39 is 0 Å². The zero-order chi connectivity index (χ0) is 7.56. The number of rotatable bonds is 1. The molecule has 3 heteroatoms. The van der Waals surface area contributed by atoms with Gasteiger partial charge in [-0.3, -0.25) is 0 Å². The summed E-state index contributed by atoms with van der Waals surface area (Å²) in [7, 11) is 3.82. The van der Waals surface area contributed by atoms with E-state index >= 15 is 0 Å². The third-order valence-corrected chi connectivity index (χ3v) is 2.12. The molecule has 1 saturated heterocycles. The lowest BCUT2D eigenvalue weighted by molar-refractivity contribution is 0.0256. The lowest BCUT2D eigenvalue weighted by atomic mass is 10.0. The second-order valence-electron chi connectivity index (χ2n) is 2.99. The van der Waals surface area contributed by atoms with Gasteiger partial charge < -0.3 is 15.4 Å². The molecule has 0 bridgehead atoms. The number of likely N-dealkylation sites (N-methyl/N-ethyl adjacent to an activating group) is 1. The van der Waals surface area contributed by atoms with Gasteiger partial charge in [-0.1, -0.05) is 0 Å². The zero-order valence-corrected chi connectivity index (χ0v) is 6.71. The van der Waals surface area contributed by atoms with Crippen LogP contribution in [0.1, 0.15) is 6.42 Å². The maximum Gasteiger partial charge on any atom is 0.0849 e. The molecule has 1 fully saturated rings. The van der Waals surface area contributed by atoms with Gasteiger partial charge in [0.2, 0.25) is 0 Å². The van der Waals surface area contributed by atoms with Gasteiger partial charge in [0.15, 0.2) is 0 Å². The largest absolute Gasteiger partial charge is 0.379 e. The second-order valence-corrected chi connectivity index (χ2v) is 2.99. The Kier molecular flexibility index (Phi) is 2.65. The van der Waals surface area contributed by atoms with E-state index in [1.54, 1.807) is 7.11 Å². The number of likely N-dealkylation sites (tertiary alicyclic amines) is 1. The van der Waals surface area contributed by atoms with Crippen molar-refractivity contribution in [1.82, 2.24) is 4.90 Å². The molecule has 0 aromatic carbocycles. The highest BCUT2D eigenvalue weighted by atomic mass is 16.5. The SMILES string of the molecule is CO[C@H]1CN(C)CC[C@H]1N. The maximum absolute atomic E-state index is 5.80. The van der Waals surface area contributed by atoms with E-state index in [1.165, 1.54) is 0 Å². The zero-order valence-electron chi connectivity index (χ0n) is 6.71. The Morgan fingerprint density at radius 2 is 2.30 bits per heavy atom. The lowest BCUT2D eigenvalue weighted by Gasteiger charge is -2.33. The molecule has 2 atom stereocenters. The highest BCUT2D eigenvalue weighted by Gasteiger charge is 2.23. The van der Waals surface area contributed by atoms with Crippen molar-refractivity contribution in [3.8, 4) is 0 Å². The van der Waals surface area contributed by atoms with Crippen molar-refractivity contribution in [2.45, 2.75) is 18.6 Å². The summed E-state index contributed by atoms with van der Waals surface area (Å²) in [6.07, 6.45) is 1.29. The third kappa shape index (κ3) is 1.68. The normalized spacial score (nSPS) is 36.3. The molecule has 10 heavy (non-hydrogen) atoms. The summed E-state index contributed by atoms with van der Waals surface area (Å²) < 4.78 is 5.21. The van der Waals surface area contributed by atoms with E-state index in [2.05, 4.69) is 11.9 Å². The Bertz CT molecular complexity index is 108. The van der Waals surface area contributed by atoms with Crippen LogP contribution in [-0.2, 0) is 4.74 Å². The number of methoxy groups -OCH3 is 1. The van der Waals surface area contributed by atoms with E-state index in [0.29, 0.717) is 0 Å². The van der Waals surface area contributed by atoms with E-state index in [0.717, 1.165) is 19.5 Å².